The van der Waals surface area contributed by atoms with E-state index in [1.807, 2.05) is 30.3 Å². The summed E-state index contributed by atoms with van der Waals surface area (Å²) in [5, 5.41) is 0. The molecular weight excluding hydrogens is 358 g/mol. The third-order valence-electron chi connectivity index (χ3n) is 5.03. The fourth-order valence-electron chi connectivity index (χ4n) is 3.72. The molecule has 0 aliphatic heterocycles. The van der Waals surface area contributed by atoms with Crippen LogP contribution in [0.25, 0.3) is 22.4 Å². The first-order valence-corrected chi connectivity index (χ1v) is 9.20. The minimum atomic E-state index is -0.658. The predicted octanol–water partition coefficient (Wildman–Crippen LogP) is 6.06. The Bertz CT molecular complexity index is 1100. The highest BCUT2D eigenvalue weighted by Gasteiger charge is 2.22. The number of hydrogen-bond acceptors (Lipinski definition) is 2. The Hall–Kier alpha value is -3.21. The molecule has 0 aliphatic carbocycles. The molecule has 1 N–H and O–H groups in total. The zero-order valence-electron chi connectivity index (χ0n) is 15.7. The van der Waals surface area contributed by atoms with Crippen LogP contribution in [0.2, 0.25) is 0 Å². The summed E-state index contributed by atoms with van der Waals surface area (Å²) >= 11 is 0. The molecule has 1 atom stereocenters. The number of aromatic nitrogens is 2. The summed E-state index contributed by atoms with van der Waals surface area (Å²) in [6.45, 7) is 2.12. The topological polar surface area (TPSA) is 37.9 Å². The highest BCUT2D eigenvalue weighted by Crippen LogP contribution is 2.39. The Balaban J connectivity index is 1.89. The third-order valence-corrected chi connectivity index (χ3v) is 5.03. The number of halogens is 2. The van der Waals surface area contributed by atoms with E-state index in [1.165, 1.54) is 23.8 Å². The van der Waals surface area contributed by atoms with E-state index in [0.29, 0.717) is 16.8 Å². The lowest BCUT2D eigenvalue weighted by Crippen LogP contribution is -2.03. The van der Waals surface area contributed by atoms with Crippen molar-refractivity contribution in [2.45, 2.75) is 19.3 Å². The number of hydrogen-bond donors (Lipinski definition) is 1. The van der Waals surface area contributed by atoms with Gasteiger partial charge in [0.25, 0.3) is 0 Å². The van der Waals surface area contributed by atoms with Crippen LogP contribution in [0, 0.1) is 11.6 Å². The van der Waals surface area contributed by atoms with Gasteiger partial charge in [0.15, 0.2) is 5.75 Å². The molecule has 0 radical (unpaired) electrons. The molecule has 0 saturated heterocycles. The first kappa shape index (κ1) is 18.2. The smallest absolute Gasteiger partial charge is 0.150 e. The summed E-state index contributed by atoms with van der Waals surface area (Å²) < 4.78 is 34.1. The van der Waals surface area contributed by atoms with Gasteiger partial charge in [0.05, 0.1) is 18.2 Å². The lowest BCUT2D eigenvalue weighted by atomic mass is 9.88. The van der Waals surface area contributed by atoms with E-state index in [-0.39, 0.29) is 17.3 Å². The zero-order valence-corrected chi connectivity index (χ0v) is 15.7. The van der Waals surface area contributed by atoms with Gasteiger partial charge in [-0.2, -0.15) is 0 Å². The number of fused-ring (bicyclic) bond motifs is 1. The van der Waals surface area contributed by atoms with Gasteiger partial charge in [0.1, 0.15) is 23.0 Å². The van der Waals surface area contributed by atoms with E-state index in [1.54, 1.807) is 7.11 Å². The molecule has 4 aromatic rings. The van der Waals surface area contributed by atoms with Crippen molar-refractivity contribution < 1.29 is 13.5 Å². The molecule has 0 fully saturated rings. The monoisotopic (exact) mass is 378 g/mol. The largest absolute Gasteiger partial charge is 0.494 e. The predicted molar refractivity (Wildman–Crippen MR) is 107 cm³/mol. The molecular formula is C23H20F2N2O. The van der Waals surface area contributed by atoms with Crippen molar-refractivity contribution in [2.75, 3.05) is 7.11 Å². The number of H-pyrrole nitrogens is 1. The molecule has 0 saturated carbocycles. The van der Waals surface area contributed by atoms with E-state index < -0.39 is 11.6 Å². The molecule has 28 heavy (non-hydrogen) atoms. The number of benzene rings is 3. The van der Waals surface area contributed by atoms with Crippen LogP contribution >= 0.6 is 0 Å². The maximum absolute atomic E-state index is 14.2. The summed E-state index contributed by atoms with van der Waals surface area (Å²) in [5.74, 6) is -0.421. The number of imidazole rings is 1. The van der Waals surface area contributed by atoms with Crippen molar-refractivity contribution in [2.24, 2.45) is 0 Å². The summed E-state index contributed by atoms with van der Waals surface area (Å²) in [6.07, 6.45) is 0.880. The van der Waals surface area contributed by atoms with Crippen LogP contribution in [0.1, 0.15) is 30.4 Å². The fraction of sp³-hybridized carbons (Fsp3) is 0.174. The molecule has 1 unspecified atom stereocenters. The molecule has 142 valence electrons. The van der Waals surface area contributed by atoms with Crippen molar-refractivity contribution in [3.05, 3.63) is 83.4 Å². The molecule has 0 spiro atoms. The quantitative estimate of drug-likeness (QED) is 0.458. The highest BCUT2D eigenvalue weighted by atomic mass is 19.1. The Morgan fingerprint density at radius 1 is 0.964 bits per heavy atom. The Labute approximate surface area is 162 Å². The van der Waals surface area contributed by atoms with Gasteiger partial charge in [0, 0.05) is 11.5 Å². The number of nitrogens with one attached hydrogen (secondary N) is 1. The second kappa shape index (κ2) is 7.43. The van der Waals surface area contributed by atoms with E-state index in [2.05, 4.69) is 29.0 Å². The van der Waals surface area contributed by atoms with Crippen LogP contribution in [0.3, 0.4) is 0 Å². The average Bonchev–Trinajstić information content (AvgIpc) is 3.13. The van der Waals surface area contributed by atoms with E-state index in [9.17, 15) is 8.78 Å². The Morgan fingerprint density at radius 2 is 1.68 bits per heavy atom. The van der Waals surface area contributed by atoms with Gasteiger partial charge in [-0.25, -0.2) is 13.8 Å². The lowest BCUT2D eigenvalue weighted by molar-refractivity contribution is 0.411. The van der Waals surface area contributed by atoms with E-state index in [4.69, 9.17) is 4.74 Å². The summed E-state index contributed by atoms with van der Waals surface area (Å²) in [7, 11) is 1.59. The third kappa shape index (κ3) is 3.03. The maximum atomic E-state index is 14.2. The second-order valence-corrected chi connectivity index (χ2v) is 6.64. The van der Waals surface area contributed by atoms with Crippen LogP contribution in [0.15, 0.2) is 60.7 Å². The number of methoxy groups -OCH3 is 1. The lowest BCUT2D eigenvalue weighted by Gasteiger charge is -2.19. The van der Waals surface area contributed by atoms with Gasteiger partial charge in [-0.15, -0.1) is 0 Å². The molecule has 1 heterocycles. The first-order chi connectivity index (χ1) is 13.6. The maximum Gasteiger partial charge on any atom is 0.150 e. The minimum Gasteiger partial charge on any atom is -0.494 e. The Kier molecular flexibility index (Phi) is 4.82. The van der Waals surface area contributed by atoms with E-state index in [0.717, 1.165) is 12.0 Å². The molecule has 3 aromatic carbocycles. The van der Waals surface area contributed by atoms with Gasteiger partial charge < -0.3 is 9.72 Å². The summed E-state index contributed by atoms with van der Waals surface area (Å²) in [4.78, 5) is 7.51. The van der Waals surface area contributed by atoms with Gasteiger partial charge in [0.2, 0.25) is 0 Å². The fourth-order valence-corrected chi connectivity index (χ4v) is 3.72. The van der Waals surface area contributed by atoms with Gasteiger partial charge >= 0.3 is 0 Å². The second-order valence-electron chi connectivity index (χ2n) is 6.64. The normalized spacial score (nSPS) is 12.3. The molecule has 0 aliphatic rings. The van der Waals surface area contributed by atoms with Crippen molar-refractivity contribution >= 4 is 11.0 Å². The minimum absolute atomic E-state index is 0.130. The van der Waals surface area contributed by atoms with Crippen LogP contribution in [0.5, 0.6) is 5.75 Å². The van der Waals surface area contributed by atoms with Crippen molar-refractivity contribution in [1.82, 2.24) is 9.97 Å². The van der Waals surface area contributed by atoms with Gasteiger partial charge in [-0.05, 0) is 30.2 Å². The molecule has 0 amide bonds. The number of rotatable bonds is 5. The molecule has 4 rings (SSSR count). The van der Waals surface area contributed by atoms with Crippen LogP contribution in [-0.2, 0) is 0 Å². The van der Waals surface area contributed by atoms with Crippen molar-refractivity contribution in [3.8, 4) is 17.1 Å². The van der Waals surface area contributed by atoms with Crippen LogP contribution < -0.4 is 4.74 Å². The van der Waals surface area contributed by atoms with Gasteiger partial charge in [-0.1, -0.05) is 49.4 Å². The zero-order chi connectivity index (χ0) is 19.7. The summed E-state index contributed by atoms with van der Waals surface area (Å²) in [5.41, 5.74) is 3.24. The molecule has 3 nitrogen and oxygen atoms in total. The van der Waals surface area contributed by atoms with E-state index >= 15 is 0 Å². The Morgan fingerprint density at radius 3 is 2.32 bits per heavy atom. The van der Waals surface area contributed by atoms with Crippen molar-refractivity contribution in [1.29, 1.82) is 0 Å². The number of aromatic amines is 1. The standard InChI is InChI=1S/C23H20F2N2O/c1-3-15(14-8-5-4-6-9-14)16-12-13-19-21(22(16)28-2)27-23(26-19)20-17(24)10-7-11-18(20)25/h4-13,15H,3H2,1-2H3,(H,26,27). The molecule has 5 heteroatoms. The number of ether oxygens (including phenoxy) is 1. The number of nitrogens with zero attached hydrogens (tertiary/aromatic N) is 1. The summed E-state index contributed by atoms with van der Waals surface area (Å²) in [6, 6.07) is 17.8. The van der Waals surface area contributed by atoms with Gasteiger partial charge in [-0.3, -0.25) is 0 Å². The van der Waals surface area contributed by atoms with Crippen LogP contribution in [-0.4, -0.2) is 17.1 Å². The van der Waals surface area contributed by atoms with Crippen LogP contribution in [0.4, 0.5) is 8.78 Å². The SMILES string of the molecule is CCC(c1ccccc1)c1ccc2[nH]c(-c3c(F)cccc3F)nc2c1OC. The molecule has 1 aromatic heterocycles. The molecule has 0 bridgehead atoms. The van der Waals surface area contributed by atoms with Crippen molar-refractivity contribution in [3.63, 3.8) is 0 Å². The highest BCUT2D eigenvalue weighted by molar-refractivity contribution is 5.86. The average molecular weight is 378 g/mol. The first-order valence-electron chi connectivity index (χ1n) is 9.20.